The van der Waals surface area contributed by atoms with Gasteiger partial charge < -0.3 is 10.6 Å². The highest BCUT2D eigenvalue weighted by molar-refractivity contribution is 9.10. The molecule has 1 aliphatic carbocycles. The lowest BCUT2D eigenvalue weighted by Gasteiger charge is -2.19. The first-order chi connectivity index (χ1) is 19.5. The van der Waals surface area contributed by atoms with Crippen LogP contribution in [0.4, 0.5) is 32.0 Å². The van der Waals surface area contributed by atoms with Crippen molar-refractivity contribution in [3.63, 3.8) is 0 Å². The molecule has 0 aromatic heterocycles. The van der Waals surface area contributed by atoms with E-state index in [1.54, 1.807) is 0 Å². The molecule has 42 heavy (non-hydrogen) atoms. The van der Waals surface area contributed by atoms with Gasteiger partial charge in [0.1, 0.15) is 5.54 Å². The first-order valence-corrected chi connectivity index (χ1v) is 13.9. The van der Waals surface area contributed by atoms with Crippen LogP contribution in [0.5, 0.6) is 0 Å². The maximum atomic E-state index is 13.8. The van der Waals surface area contributed by atoms with Crippen LogP contribution in [0.1, 0.15) is 45.8 Å². The Balaban J connectivity index is 1.46. The third-order valence-electron chi connectivity index (χ3n) is 6.44. The number of rotatable bonds is 7. The zero-order valence-electron chi connectivity index (χ0n) is 20.9. The molecular weight excluding hydrogens is 697 g/mol. The predicted octanol–water partition coefficient (Wildman–Crippen LogP) is 9.69. The summed E-state index contributed by atoms with van der Waals surface area (Å²) in [5.74, 6) is -3.27. The minimum Gasteiger partial charge on any atom is -0.338 e. The summed E-state index contributed by atoms with van der Waals surface area (Å²) in [5, 5.41) is 4.84. The minimum absolute atomic E-state index is 0.0603. The standard InChI is InChI=1S/C28H18BrCl3F6N2O2/c29-20-11-14(2-8-19(28(36,37)38)15-12-21(30)23(32)22(31)13-15)1-7-18(20)24(41)40-26(9-10-26)25(42)39-17-5-3-16(4-6-17)27(33,34)35/h1-8,11-13,19H,9-10H2,(H,39,42)(H,40,41). The van der Waals surface area contributed by atoms with E-state index in [-0.39, 0.29) is 36.4 Å². The lowest BCUT2D eigenvalue weighted by atomic mass is 9.97. The molecule has 1 saturated carbocycles. The number of hydrogen-bond acceptors (Lipinski definition) is 2. The molecule has 4 nitrogen and oxygen atoms in total. The summed E-state index contributed by atoms with van der Waals surface area (Å²) in [4.78, 5) is 25.8. The summed E-state index contributed by atoms with van der Waals surface area (Å²) in [6.07, 6.45) is -6.44. The van der Waals surface area contributed by atoms with Gasteiger partial charge in [-0.2, -0.15) is 26.3 Å². The van der Waals surface area contributed by atoms with Crippen LogP contribution in [0, 0.1) is 0 Å². The van der Waals surface area contributed by atoms with E-state index in [2.05, 4.69) is 26.6 Å². The molecule has 1 fully saturated rings. The molecule has 222 valence electrons. The molecule has 3 aromatic rings. The van der Waals surface area contributed by atoms with Crippen molar-refractivity contribution in [3.05, 3.63) is 102 Å². The topological polar surface area (TPSA) is 58.2 Å². The van der Waals surface area contributed by atoms with E-state index in [1.807, 2.05) is 0 Å². The molecule has 2 N–H and O–H groups in total. The number of nitrogens with one attached hydrogen (secondary N) is 2. The fourth-order valence-electron chi connectivity index (χ4n) is 4.00. The van der Waals surface area contributed by atoms with Gasteiger partial charge in [-0.3, -0.25) is 9.59 Å². The van der Waals surface area contributed by atoms with Crippen molar-refractivity contribution in [3.8, 4) is 0 Å². The quantitative estimate of drug-likeness (QED) is 0.189. The fourth-order valence-corrected chi connectivity index (χ4v) is 5.19. The van der Waals surface area contributed by atoms with Crippen LogP contribution in [-0.4, -0.2) is 23.5 Å². The second-order valence-corrected chi connectivity index (χ2v) is 11.5. The molecule has 3 aromatic carbocycles. The van der Waals surface area contributed by atoms with E-state index in [0.29, 0.717) is 18.4 Å². The van der Waals surface area contributed by atoms with Gasteiger partial charge in [0, 0.05) is 10.2 Å². The van der Waals surface area contributed by atoms with Crippen molar-refractivity contribution in [2.24, 2.45) is 0 Å². The van der Waals surface area contributed by atoms with Crippen molar-refractivity contribution in [1.29, 1.82) is 0 Å². The summed E-state index contributed by atoms with van der Waals surface area (Å²) >= 11 is 20.9. The Bertz CT molecular complexity index is 1530. The van der Waals surface area contributed by atoms with Crippen molar-refractivity contribution < 1.29 is 35.9 Å². The highest BCUT2D eigenvalue weighted by Gasteiger charge is 2.51. The normalized spacial score (nSPS) is 15.4. The molecule has 1 unspecified atom stereocenters. The zero-order valence-corrected chi connectivity index (χ0v) is 24.8. The Morgan fingerprint density at radius 2 is 1.50 bits per heavy atom. The molecule has 0 aliphatic heterocycles. The maximum absolute atomic E-state index is 13.8. The average molecular weight is 715 g/mol. The van der Waals surface area contributed by atoms with Gasteiger partial charge >= 0.3 is 12.4 Å². The van der Waals surface area contributed by atoms with Gasteiger partial charge in [-0.05, 0) is 88.4 Å². The molecule has 0 saturated heterocycles. The molecule has 2 amide bonds. The molecule has 14 heteroatoms. The Morgan fingerprint density at radius 1 is 0.905 bits per heavy atom. The third kappa shape index (κ3) is 7.42. The van der Waals surface area contributed by atoms with E-state index in [0.717, 1.165) is 42.5 Å². The average Bonchev–Trinajstić information content (AvgIpc) is 3.67. The Hall–Kier alpha value is -2.73. The minimum atomic E-state index is -4.67. The monoisotopic (exact) mass is 712 g/mol. The zero-order chi connectivity index (χ0) is 31.0. The maximum Gasteiger partial charge on any atom is 0.416 e. The van der Waals surface area contributed by atoms with Gasteiger partial charge in [0.2, 0.25) is 5.91 Å². The summed E-state index contributed by atoms with van der Waals surface area (Å²) in [6, 6.07) is 10.3. The molecule has 0 bridgehead atoms. The van der Waals surface area contributed by atoms with E-state index < -0.39 is 41.2 Å². The first kappa shape index (κ1) is 32.2. The Morgan fingerprint density at radius 3 is 2.00 bits per heavy atom. The molecular formula is C28H18BrCl3F6N2O2. The van der Waals surface area contributed by atoms with Crippen LogP contribution in [0.2, 0.25) is 15.1 Å². The third-order valence-corrected chi connectivity index (χ3v) is 8.30. The van der Waals surface area contributed by atoms with Crippen LogP contribution in [0.25, 0.3) is 6.08 Å². The molecule has 4 rings (SSSR count). The largest absolute Gasteiger partial charge is 0.416 e. The Labute approximate surface area is 259 Å². The van der Waals surface area contributed by atoms with Crippen molar-refractivity contribution in [2.45, 2.75) is 36.7 Å². The van der Waals surface area contributed by atoms with Gasteiger partial charge in [-0.1, -0.05) is 53.0 Å². The van der Waals surface area contributed by atoms with Gasteiger partial charge in [0.05, 0.1) is 32.1 Å². The summed E-state index contributed by atoms with van der Waals surface area (Å²) < 4.78 is 80.1. The van der Waals surface area contributed by atoms with Crippen molar-refractivity contribution >= 4 is 74.3 Å². The number of amides is 2. The van der Waals surface area contributed by atoms with E-state index in [4.69, 9.17) is 34.8 Å². The van der Waals surface area contributed by atoms with Crippen LogP contribution in [0.15, 0.2) is 65.1 Å². The Kier molecular flexibility index (Phi) is 9.28. The summed E-state index contributed by atoms with van der Waals surface area (Å²) in [5.41, 5.74) is -1.75. The molecule has 0 spiro atoms. The smallest absolute Gasteiger partial charge is 0.338 e. The summed E-state index contributed by atoms with van der Waals surface area (Å²) in [7, 11) is 0. The van der Waals surface area contributed by atoms with Gasteiger partial charge in [0.15, 0.2) is 0 Å². The predicted molar refractivity (Wildman–Crippen MR) is 153 cm³/mol. The second-order valence-electron chi connectivity index (χ2n) is 9.48. The molecule has 1 aliphatic rings. The van der Waals surface area contributed by atoms with Crippen molar-refractivity contribution in [2.75, 3.05) is 5.32 Å². The van der Waals surface area contributed by atoms with E-state index >= 15 is 0 Å². The van der Waals surface area contributed by atoms with E-state index in [1.165, 1.54) is 24.3 Å². The first-order valence-electron chi connectivity index (χ1n) is 12.0. The number of carbonyl (C=O) groups excluding carboxylic acids is 2. The number of benzene rings is 3. The van der Waals surface area contributed by atoms with Gasteiger partial charge in [-0.15, -0.1) is 0 Å². The lowest BCUT2D eigenvalue weighted by molar-refractivity contribution is -0.139. The number of hydrogen-bond donors (Lipinski definition) is 2. The van der Waals surface area contributed by atoms with Crippen molar-refractivity contribution in [1.82, 2.24) is 5.32 Å². The summed E-state index contributed by atoms with van der Waals surface area (Å²) in [6.45, 7) is 0. The molecule has 0 radical (unpaired) electrons. The van der Waals surface area contributed by atoms with Crippen LogP contribution >= 0.6 is 50.7 Å². The van der Waals surface area contributed by atoms with Gasteiger partial charge in [-0.25, -0.2) is 0 Å². The van der Waals surface area contributed by atoms with Crippen LogP contribution in [0.3, 0.4) is 0 Å². The number of anilines is 1. The second kappa shape index (κ2) is 12.1. The highest BCUT2D eigenvalue weighted by atomic mass is 79.9. The van der Waals surface area contributed by atoms with E-state index in [9.17, 15) is 35.9 Å². The molecule has 1 atom stereocenters. The number of halogens is 10. The van der Waals surface area contributed by atoms with Crippen LogP contribution in [-0.2, 0) is 11.0 Å². The lowest BCUT2D eigenvalue weighted by Crippen LogP contribution is -2.46. The fraction of sp³-hybridized carbons (Fsp3) is 0.214. The number of allylic oxidation sites excluding steroid dienone is 1. The number of alkyl halides is 6. The number of carbonyl (C=O) groups is 2. The highest BCUT2D eigenvalue weighted by Crippen LogP contribution is 2.41. The van der Waals surface area contributed by atoms with Gasteiger partial charge in [0.25, 0.3) is 5.91 Å². The van der Waals surface area contributed by atoms with Crippen LogP contribution < -0.4 is 10.6 Å². The SMILES string of the molecule is O=C(NC1(C(=O)Nc2ccc(C(F)(F)F)cc2)CC1)c1ccc(C=CC(c2cc(Cl)c(Cl)c(Cl)c2)C(F)(F)F)cc1Br. The molecule has 0 heterocycles.